The van der Waals surface area contributed by atoms with Crippen LogP contribution >= 0.6 is 11.3 Å². The van der Waals surface area contributed by atoms with Crippen molar-refractivity contribution in [1.29, 1.82) is 0 Å². The van der Waals surface area contributed by atoms with Gasteiger partial charge in [-0.25, -0.2) is 4.39 Å². The number of hydrogen-bond acceptors (Lipinski definition) is 4. The van der Waals surface area contributed by atoms with E-state index in [0.29, 0.717) is 16.8 Å². The number of aliphatic imine (C=N–C) groups is 1. The molecule has 5 nitrogen and oxygen atoms in total. The Morgan fingerprint density at radius 3 is 2.44 bits per heavy atom. The van der Waals surface area contributed by atoms with E-state index >= 15 is 0 Å². The molecule has 0 aliphatic rings. The number of nitrogens with zero attached hydrogens (tertiary/aromatic N) is 3. The maximum Gasteiger partial charge on any atom is 0.279 e. The Kier molecular flexibility index (Phi) is 5.25. The average Bonchev–Trinajstić information content (AvgIpc) is 3.12. The van der Waals surface area contributed by atoms with Gasteiger partial charge in [-0.3, -0.25) is 9.79 Å². The molecule has 0 unspecified atom stereocenters. The lowest BCUT2D eigenvalue weighted by atomic mass is 10.1. The first-order valence-corrected chi connectivity index (χ1v) is 8.79. The van der Waals surface area contributed by atoms with Crippen LogP contribution in [-0.4, -0.2) is 28.5 Å². The van der Waals surface area contributed by atoms with Gasteiger partial charge in [0.05, 0.1) is 16.0 Å². The fraction of sp³-hybridized carbons (Fsp3) is 0.0500. The Morgan fingerprint density at radius 1 is 1.04 bits per heavy atom. The van der Waals surface area contributed by atoms with Gasteiger partial charge in [-0.1, -0.05) is 18.2 Å². The summed E-state index contributed by atoms with van der Waals surface area (Å²) in [6.07, 6.45) is 1.78. The first-order valence-electron chi connectivity index (χ1n) is 7.98. The van der Waals surface area contributed by atoms with Crippen molar-refractivity contribution in [3.05, 3.63) is 81.7 Å². The summed E-state index contributed by atoms with van der Waals surface area (Å²) in [5.74, 6) is -0.357. The van der Waals surface area contributed by atoms with Gasteiger partial charge >= 0.3 is 0 Å². The van der Waals surface area contributed by atoms with Crippen molar-refractivity contribution in [2.75, 3.05) is 7.05 Å². The van der Waals surface area contributed by atoms with Gasteiger partial charge in [-0.15, -0.1) is 11.3 Å². The molecule has 2 aromatic heterocycles. The lowest BCUT2D eigenvalue weighted by Gasteiger charge is -2.10. The quantitative estimate of drug-likeness (QED) is 0.509. The van der Waals surface area contributed by atoms with E-state index in [1.807, 2.05) is 30.3 Å². The molecule has 136 valence electrons. The van der Waals surface area contributed by atoms with E-state index in [-0.39, 0.29) is 16.9 Å². The van der Waals surface area contributed by atoms with Gasteiger partial charge < -0.3 is 5.48 Å². The standard InChI is InChI=1S/C20H14FN3OS.H2O/c1-22-12-15-10-11-18(26-15)19-16-4-2-3-5-17(16)20(25)24(23-19)14-8-6-13(21)7-9-14;/h2-12H,1H3;1H2. The molecular formula is C20H16FN3O2S. The Labute approximate surface area is 158 Å². The Hall–Kier alpha value is -3.16. The third-order valence-corrected chi connectivity index (χ3v) is 5.02. The molecule has 4 rings (SSSR count). The monoisotopic (exact) mass is 381 g/mol. The number of benzene rings is 2. The molecular weight excluding hydrogens is 365 g/mol. The first-order chi connectivity index (χ1) is 12.7. The number of aromatic nitrogens is 2. The van der Waals surface area contributed by atoms with E-state index < -0.39 is 0 Å². The second-order valence-corrected chi connectivity index (χ2v) is 6.79. The molecule has 2 aromatic carbocycles. The van der Waals surface area contributed by atoms with Crippen molar-refractivity contribution < 1.29 is 9.87 Å². The van der Waals surface area contributed by atoms with Crippen LogP contribution in [-0.2, 0) is 0 Å². The minimum atomic E-state index is -0.357. The van der Waals surface area contributed by atoms with E-state index in [2.05, 4.69) is 10.1 Å². The normalized spacial score (nSPS) is 11.0. The highest BCUT2D eigenvalue weighted by Crippen LogP contribution is 2.30. The smallest absolute Gasteiger partial charge is 0.279 e. The molecule has 0 atom stereocenters. The second-order valence-electron chi connectivity index (χ2n) is 5.68. The lowest BCUT2D eigenvalue weighted by molar-refractivity contribution is 0.626. The Morgan fingerprint density at radius 2 is 1.74 bits per heavy atom. The van der Waals surface area contributed by atoms with Crippen LogP contribution < -0.4 is 5.56 Å². The van der Waals surface area contributed by atoms with Gasteiger partial charge in [0, 0.05) is 23.5 Å². The number of fused-ring (bicyclic) bond motifs is 1. The van der Waals surface area contributed by atoms with Crippen molar-refractivity contribution in [2.24, 2.45) is 4.99 Å². The minimum absolute atomic E-state index is 0. The highest BCUT2D eigenvalue weighted by molar-refractivity contribution is 7.17. The summed E-state index contributed by atoms with van der Waals surface area (Å²) >= 11 is 1.55. The van der Waals surface area contributed by atoms with Crippen molar-refractivity contribution in [1.82, 2.24) is 9.78 Å². The number of hydrogen-bond donors (Lipinski definition) is 0. The van der Waals surface area contributed by atoms with Crippen LogP contribution in [0, 0.1) is 5.82 Å². The Bertz CT molecular complexity index is 1180. The lowest BCUT2D eigenvalue weighted by Crippen LogP contribution is -2.22. The summed E-state index contributed by atoms with van der Waals surface area (Å²) in [6.45, 7) is 0. The van der Waals surface area contributed by atoms with Gasteiger partial charge in [0.25, 0.3) is 5.56 Å². The number of halogens is 1. The SMILES string of the molecule is CN=Cc1ccc(-c2nn(-c3ccc(F)cc3)c(=O)c3ccccc23)s1.O. The maximum atomic E-state index is 13.3. The topological polar surface area (TPSA) is 78.8 Å². The van der Waals surface area contributed by atoms with Crippen LogP contribution in [0.2, 0.25) is 0 Å². The summed E-state index contributed by atoms with van der Waals surface area (Å²) in [6, 6.07) is 17.1. The molecule has 0 spiro atoms. The summed E-state index contributed by atoms with van der Waals surface area (Å²) in [5.41, 5.74) is 1.00. The van der Waals surface area contributed by atoms with Gasteiger partial charge in [0.1, 0.15) is 11.5 Å². The van der Waals surface area contributed by atoms with Crippen LogP contribution in [0.3, 0.4) is 0 Å². The number of thiophene rings is 1. The van der Waals surface area contributed by atoms with Gasteiger partial charge in [0.2, 0.25) is 0 Å². The van der Waals surface area contributed by atoms with Crippen molar-refractivity contribution >= 4 is 28.3 Å². The van der Waals surface area contributed by atoms with Crippen LogP contribution in [0.15, 0.2) is 70.5 Å². The molecule has 0 aliphatic heterocycles. The van der Waals surface area contributed by atoms with Crippen LogP contribution in [0.5, 0.6) is 0 Å². The maximum absolute atomic E-state index is 13.3. The zero-order valence-electron chi connectivity index (χ0n) is 14.4. The van der Waals surface area contributed by atoms with Gasteiger partial charge in [0.15, 0.2) is 0 Å². The Balaban J connectivity index is 0.00000210. The summed E-state index contributed by atoms with van der Waals surface area (Å²) in [5, 5.41) is 5.95. The molecule has 2 heterocycles. The fourth-order valence-corrected chi connectivity index (χ4v) is 3.74. The van der Waals surface area contributed by atoms with Crippen molar-refractivity contribution in [2.45, 2.75) is 0 Å². The molecule has 27 heavy (non-hydrogen) atoms. The summed E-state index contributed by atoms with van der Waals surface area (Å²) in [7, 11) is 1.72. The number of rotatable bonds is 3. The van der Waals surface area contributed by atoms with Gasteiger partial charge in [-0.2, -0.15) is 9.78 Å². The largest absolute Gasteiger partial charge is 0.412 e. The molecule has 0 radical (unpaired) electrons. The fourth-order valence-electron chi connectivity index (χ4n) is 2.81. The zero-order chi connectivity index (χ0) is 18.1. The highest BCUT2D eigenvalue weighted by Gasteiger charge is 2.14. The predicted molar refractivity (Wildman–Crippen MR) is 108 cm³/mol. The van der Waals surface area contributed by atoms with E-state index in [4.69, 9.17) is 0 Å². The van der Waals surface area contributed by atoms with E-state index in [0.717, 1.165) is 15.1 Å². The predicted octanol–water partition coefficient (Wildman–Crippen LogP) is 3.48. The third kappa shape index (κ3) is 3.42. The molecule has 0 saturated carbocycles. The minimum Gasteiger partial charge on any atom is -0.412 e. The molecule has 0 fully saturated rings. The molecule has 7 heteroatoms. The molecule has 0 bridgehead atoms. The summed E-state index contributed by atoms with van der Waals surface area (Å²) < 4.78 is 14.6. The average molecular weight is 381 g/mol. The van der Waals surface area contributed by atoms with Crippen molar-refractivity contribution in [3.8, 4) is 16.3 Å². The molecule has 0 aliphatic carbocycles. The van der Waals surface area contributed by atoms with Crippen molar-refractivity contribution in [3.63, 3.8) is 0 Å². The van der Waals surface area contributed by atoms with Crippen LogP contribution in [0.4, 0.5) is 4.39 Å². The van der Waals surface area contributed by atoms with E-state index in [9.17, 15) is 9.18 Å². The molecule has 0 amide bonds. The summed E-state index contributed by atoms with van der Waals surface area (Å²) in [4.78, 5) is 18.9. The van der Waals surface area contributed by atoms with Crippen LogP contribution in [0.1, 0.15) is 4.88 Å². The van der Waals surface area contributed by atoms with E-state index in [1.165, 1.54) is 16.8 Å². The van der Waals surface area contributed by atoms with Gasteiger partial charge in [-0.05, 0) is 42.5 Å². The first kappa shape index (κ1) is 18.6. The highest BCUT2D eigenvalue weighted by atomic mass is 32.1. The molecule has 4 aromatic rings. The molecule has 0 saturated heterocycles. The van der Waals surface area contributed by atoms with E-state index in [1.54, 1.807) is 42.8 Å². The third-order valence-electron chi connectivity index (χ3n) is 3.99. The molecule has 2 N–H and O–H groups in total. The zero-order valence-corrected chi connectivity index (χ0v) is 15.2. The van der Waals surface area contributed by atoms with Crippen LogP contribution in [0.25, 0.3) is 27.0 Å². The second kappa shape index (κ2) is 7.61.